The van der Waals surface area contributed by atoms with E-state index in [2.05, 4.69) is 4.67 Å². The van der Waals surface area contributed by atoms with Crippen LogP contribution in [0.1, 0.15) is 64.2 Å². The van der Waals surface area contributed by atoms with E-state index in [1.165, 1.54) is 64.2 Å². The van der Waals surface area contributed by atoms with Gasteiger partial charge in [-0.05, 0) is 76.0 Å². The van der Waals surface area contributed by atoms with Crippen LogP contribution in [0.5, 0.6) is 0 Å². The van der Waals surface area contributed by atoms with E-state index >= 15 is 0 Å². The van der Waals surface area contributed by atoms with Crippen molar-refractivity contribution in [3.8, 4) is 0 Å². The van der Waals surface area contributed by atoms with E-state index in [-0.39, 0.29) is 0 Å². The zero-order valence-corrected chi connectivity index (χ0v) is 12.1. The Morgan fingerprint density at radius 1 is 0.889 bits per heavy atom. The molecule has 4 aliphatic rings. The molecular weight excluding hydrogens is 241 g/mol. The van der Waals surface area contributed by atoms with Gasteiger partial charge in [-0.2, -0.15) is 0 Å². The number of hydrogen-bond acceptors (Lipinski definition) is 1. The van der Waals surface area contributed by atoms with Crippen molar-refractivity contribution in [3.05, 3.63) is 0 Å². The maximum absolute atomic E-state index is 8.33. The van der Waals surface area contributed by atoms with Crippen LogP contribution in [0.4, 0.5) is 0 Å². The second-order valence-corrected chi connectivity index (χ2v) is 8.49. The van der Waals surface area contributed by atoms with Crippen LogP contribution in [-0.4, -0.2) is 15.7 Å². The molecule has 0 spiro atoms. The van der Waals surface area contributed by atoms with Gasteiger partial charge in [0, 0.05) is 0 Å². The molecule has 0 aliphatic heterocycles. The average molecular weight is 266 g/mol. The molecule has 4 heteroatoms. The summed E-state index contributed by atoms with van der Waals surface area (Å²) in [5, 5.41) is 8.33. The molecule has 1 atom stereocenters. The Hall–Kier alpha value is 0.0200. The normalized spacial score (nSPS) is 50.4. The summed E-state index contributed by atoms with van der Waals surface area (Å²) in [6.45, 7) is 0. The Morgan fingerprint density at radius 3 is 1.50 bits per heavy atom. The summed E-state index contributed by atoms with van der Waals surface area (Å²) in [5.74, 6) is 1.91. The zero-order chi connectivity index (χ0) is 12.4. The van der Waals surface area contributed by atoms with Gasteiger partial charge in [-0.1, -0.05) is 9.83 Å². The van der Waals surface area contributed by atoms with Crippen LogP contribution in [-0.2, 0) is 0 Å². The molecule has 4 rings (SSSR count). The highest BCUT2D eigenvalue weighted by atomic mass is 31.1. The molecule has 0 saturated heterocycles. The fraction of sp³-hybridized carbons (Fsp3) is 1.00. The summed E-state index contributed by atoms with van der Waals surface area (Å²) < 4.78 is 2.59. The van der Waals surface area contributed by atoms with Crippen molar-refractivity contribution >= 4 is 8.01 Å². The number of nitrogens with one attached hydrogen (secondary N) is 1. The third-order valence-electron chi connectivity index (χ3n) is 6.52. The number of nitrogens with zero attached hydrogens (tertiary/aromatic N) is 1. The number of rotatable bonds is 3. The molecule has 4 aliphatic carbocycles. The first kappa shape index (κ1) is 11.8. The molecule has 0 aromatic heterocycles. The molecular formula is C14H25N3P+. The van der Waals surface area contributed by atoms with Gasteiger partial charge in [-0.15, -0.1) is 5.50 Å². The smallest absolute Gasteiger partial charge is 0.121 e. The first-order valence-electron chi connectivity index (χ1n) is 7.70. The van der Waals surface area contributed by atoms with Gasteiger partial charge in [0.2, 0.25) is 0 Å². The molecule has 0 aromatic carbocycles. The maximum Gasteiger partial charge on any atom is 0.391 e. The van der Waals surface area contributed by atoms with Crippen LogP contribution in [0, 0.1) is 17.0 Å². The predicted octanol–water partition coefficient (Wildman–Crippen LogP) is 3.99. The lowest BCUT2D eigenvalue weighted by molar-refractivity contribution is 0.0774. The summed E-state index contributed by atoms with van der Waals surface area (Å²) in [4.78, 5) is 0. The monoisotopic (exact) mass is 266 g/mol. The largest absolute Gasteiger partial charge is 0.391 e. The number of hydrogen-bond donors (Lipinski definition) is 2. The van der Waals surface area contributed by atoms with E-state index in [9.17, 15) is 0 Å². The third-order valence-corrected chi connectivity index (χ3v) is 7.80. The second kappa shape index (κ2) is 3.77. The molecule has 4 saturated carbocycles. The van der Waals surface area contributed by atoms with E-state index in [1.54, 1.807) is 0 Å². The average Bonchev–Trinajstić information content (AvgIpc) is 3.07. The lowest BCUT2D eigenvalue weighted by Crippen LogP contribution is -2.54. The Balaban J connectivity index is 1.71. The lowest BCUT2D eigenvalue weighted by Gasteiger charge is -2.42. The molecule has 0 aromatic rings. The Bertz CT molecular complexity index is 349. The van der Waals surface area contributed by atoms with E-state index in [0.717, 1.165) is 11.8 Å². The van der Waals surface area contributed by atoms with Gasteiger partial charge in [0.05, 0.1) is 11.1 Å². The number of fused-ring (bicyclic) bond motifs is 4. The zero-order valence-electron chi connectivity index (χ0n) is 11.2. The first-order valence-corrected chi connectivity index (χ1v) is 9.06. The van der Waals surface area contributed by atoms with Crippen molar-refractivity contribution < 1.29 is 0 Å². The standard InChI is InChI=1S/C14H25N3P/c15-18(16)17(13-5-1-11(9-13)2-6-13)14-7-3-12(10-14)4-8-14/h11-12H,1-10H2,(H3,15,16)/q+1. The van der Waals surface area contributed by atoms with Crippen LogP contribution in [0.25, 0.3) is 0 Å². The van der Waals surface area contributed by atoms with Crippen molar-refractivity contribution in [3.63, 3.8) is 0 Å². The molecule has 0 heterocycles. The van der Waals surface area contributed by atoms with E-state index < -0.39 is 8.01 Å². The predicted molar refractivity (Wildman–Crippen MR) is 74.3 cm³/mol. The molecule has 100 valence electrons. The molecule has 4 fully saturated rings. The maximum atomic E-state index is 8.33. The van der Waals surface area contributed by atoms with Gasteiger partial charge >= 0.3 is 8.01 Å². The number of nitrogens with two attached hydrogens (primary N) is 1. The lowest BCUT2D eigenvalue weighted by atomic mass is 9.86. The van der Waals surface area contributed by atoms with Gasteiger partial charge in [0.1, 0.15) is 0 Å². The van der Waals surface area contributed by atoms with Crippen LogP contribution >= 0.6 is 8.01 Å². The summed E-state index contributed by atoms with van der Waals surface area (Å²) in [7, 11) is -1.16. The molecule has 0 radical (unpaired) electrons. The second-order valence-electron chi connectivity index (χ2n) is 7.40. The molecule has 1 unspecified atom stereocenters. The van der Waals surface area contributed by atoms with Crippen LogP contribution < -0.4 is 5.50 Å². The summed E-state index contributed by atoms with van der Waals surface area (Å²) in [6, 6.07) is 0. The summed E-state index contributed by atoms with van der Waals surface area (Å²) in [5.41, 5.74) is 6.92. The van der Waals surface area contributed by atoms with E-state index in [1.807, 2.05) is 0 Å². The van der Waals surface area contributed by atoms with E-state index in [0.29, 0.717) is 11.1 Å². The van der Waals surface area contributed by atoms with Gasteiger partial charge in [0.25, 0.3) is 0 Å². The van der Waals surface area contributed by atoms with E-state index in [4.69, 9.17) is 10.7 Å². The van der Waals surface area contributed by atoms with Crippen molar-refractivity contribution in [2.24, 2.45) is 17.3 Å². The van der Waals surface area contributed by atoms with Crippen LogP contribution in [0.3, 0.4) is 0 Å². The molecule has 4 bridgehead atoms. The summed E-state index contributed by atoms with van der Waals surface area (Å²) >= 11 is 0. The Labute approximate surface area is 111 Å². The van der Waals surface area contributed by atoms with Crippen molar-refractivity contribution in [2.45, 2.75) is 75.3 Å². The molecule has 0 amide bonds. The quantitative estimate of drug-likeness (QED) is 0.759. The first-order chi connectivity index (χ1) is 8.64. The minimum absolute atomic E-state index is 0.353. The minimum Gasteiger partial charge on any atom is -0.121 e. The molecule has 3 nitrogen and oxygen atoms in total. The van der Waals surface area contributed by atoms with Gasteiger partial charge < -0.3 is 0 Å². The van der Waals surface area contributed by atoms with Gasteiger partial charge in [-0.25, -0.2) is 0 Å². The highest BCUT2D eigenvalue weighted by Crippen LogP contribution is 2.63. The fourth-order valence-corrected chi connectivity index (χ4v) is 7.36. The van der Waals surface area contributed by atoms with Crippen molar-refractivity contribution in [1.82, 2.24) is 4.67 Å². The van der Waals surface area contributed by atoms with Gasteiger partial charge in [0.15, 0.2) is 0 Å². The molecule has 18 heavy (non-hydrogen) atoms. The summed E-state index contributed by atoms with van der Waals surface area (Å²) in [6.07, 6.45) is 13.6. The highest BCUT2D eigenvalue weighted by molar-refractivity contribution is 7.40. The van der Waals surface area contributed by atoms with Gasteiger partial charge in [-0.3, -0.25) is 0 Å². The fourth-order valence-electron chi connectivity index (χ4n) is 5.88. The van der Waals surface area contributed by atoms with Crippen LogP contribution in [0.2, 0.25) is 0 Å². The van der Waals surface area contributed by atoms with Crippen molar-refractivity contribution in [1.29, 1.82) is 5.16 Å². The SMILES string of the molecule is N=[P+](N)N(C12CCC(CC1)C2)C12CCC(CC1)C2. The Kier molecular flexibility index (Phi) is 2.48. The molecule has 3 N–H and O–H groups in total. The van der Waals surface area contributed by atoms with Crippen LogP contribution in [0.15, 0.2) is 0 Å². The minimum atomic E-state index is -1.16. The van der Waals surface area contributed by atoms with Crippen molar-refractivity contribution in [2.75, 3.05) is 0 Å². The third kappa shape index (κ3) is 1.44. The Morgan fingerprint density at radius 2 is 1.28 bits per heavy atom. The topological polar surface area (TPSA) is 53.1 Å². The highest BCUT2D eigenvalue weighted by Gasteiger charge is 2.63.